The Labute approximate surface area is 91.9 Å². The zero-order chi connectivity index (χ0) is 10.7. The molecule has 14 heavy (non-hydrogen) atoms. The van der Waals surface area contributed by atoms with Crippen LogP contribution < -0.4 is 5.73 Å². The van der Waals surface area contributed by atoms with Crippen molar-refractivity contribution in [3.8, 4) is 0 Å². The highest BCUT2D eigenvalue weighted by atomic mass is 35.5. The lowest BCUT2D eigenvalue weighted by Gasteiger charge is -2.07. The quantitative estimate of drug-likeness (QED) is 0.813. The molecule has 0 radical (unpaired) electrons. The molecular formula is C10H14ClNOS. The van der Waals surface area contributed by atoms with E-state index in [0.717, 1.165) is 0 Å². The molecule has 1 unspecified atom stereocenters. The van der Waals surface area contributed by atoms with E-state index in [4.69, 9.17) is 17.3 Å². The van der Waals surface area contributed by atoms with Crippen molar-refractivity contribution < 1.29 is 4.21 Å². The third-order valence-corrected chi connectivity index (χ3v) is 3.93. The first-order chi connectivity index (χ1) is 6.50. The average molecular weight is 232 g/mol. The fraction of sp³-hybridized carbons (Fsp3) is 0.400. The van der Waals surface area contributed by atoms with Crippen LogP contribution in [0.25, 0.3) is 0 Å². The summed E-state index contributed by atoms with van der Waals surface area (Å²) in [5.41, 5.74) is 6.14. The van der Waals surface area contributed by atoms with E-state index < -0.39 is 10.8 Å². The minimum absolute atomic E-state index is 0.393. The Morgan fingerprint density at radius 2 is 2.14 bits per heavy atom. The summed E-state index contributed by atoms with van der Waals surface area (Å²) in [5, 5.41) is 0.490. The highest BCUT2D eigenvalue weighted by Crippen LogP contribution is 2.23. The summed E-state index contributed by atoms with van der Waals surface area (Å²) in [6, 6.07) is 5.09. The van der Waals surface area contributed by atoms with Gasteiger partial charge in [0.1, 0.15) is 0 Å². The first-order valence-electron chi connectivity index (χ1n) is 4.44. The van der Waals surface area contributed by atoms with Crippen LogP contribution >= 0.6 is 11.6 Å². The Morgan fingerprint density at radius 1 is 1.50 bits per heavy atom. The molecule has 0 aliphatic carbocycles. The lowest BCUT2D eigenvalue weighted by atomic mass is 10.3. The Morgan fingerprint density at radius 3 is 2.64 bits per heavy atom. The molecule has 78 valence electrons. The van der Waals surface area contributed by atoms with Gasteiger partial charge in [-0.1, -0.05) is 25.4 Å². The van der Waals surface area contributed by atoms with Gasteiger partial charge in [0.2, 0.25) is 0 Å². The van der Waals surface area contributed by atoms with E-state index in [1.54, 1.807) is 18.2 Å². The molecule has 0 aliphatic heterocycles. The van der Waals surface area contributed by atoms with Crippen LogP contribution in [-0.2, 0) is 10.8 Å². The van der Waals surface area contributed by atoms with E-state index in [1.807, 2.05) is 13.8 Å². The molecule has 0 bridgehead atoms. The van der Waals surface area contributed by atoms with Gasteiger partial charge in [0, 0.05) is 11.4 Å². The van der Waals surface area contributed by atoms with Crippen LogP contribution in [-0.4, -0.2) is 9.96 Å². The summed E-state index contributed by atoms with van der Waals surface area (Å²) in [5.74, 6) is 1.02. The maximum atomic E-state index is 11.8. The van der Waals surface area contributed by atoms with Crippen LogP contribution in [0.15, 0.2) is 23.1 Å². The molecule has 1 rings (SSSR count). The maximum absolute atomic E-state index is 11.8. The molecule has 0 aromatic heterocycles. The summed E-state index contributed by atoms with van der Waals surface area (Å²) in [6.45, 7) is 4.06. The lowest BCUT2D eigenvalue weighted by molar-refractivity contribution is 0.665. The average Bonchev–Trinajstić information content (AvgIpc) is 2.01. The number of nitrogen functional groups attached to an aromatic ring is 1. The highest BCUT2D eigenvalue weighted by Gasteiger charge is 2.10. The minimum Gasteiger partial charge on any atom is -0.399 e. The van der Waals surface area contributed by atoms with Crippen molar-refractivity contribution in [2.24, 2.45) is 5.92 Å². The van der Waals surface area contributed by atoms with Gasteiger partial charge in [-0.25, -0.2) is 0 Å². The summed E-state index contributed by atoms with van der Waals surface area (Å²) < 4.78 is 11.8. The minimum atomic E-state index is -1.02. The topological polar surface area (TPSA) is 43.1 Å². The van der Waals surface area contributed by atoms with Gasteiger partial charge in [-0.2, -0.15) is 0 Å². The van der Waals surface area contributed by atoms with Gasteiger partial charge in [0.25, 0.3) is 0 Å². The third-order valence-electron chi connectivity index (χ3n) is 1.69. The predicted octanol–water partition coefficient (Wildman–Crippen LogP) is 2.69. The normalized spacial score (nSPS) is 13.1. The van der Waals surface area contributed by atoms with E-state index in [0.29, 0.717) is 27.3 Å². The molecule has 0 saturated heterocycles. The van der Waals surface area contributed by atoms with Crippen LogP contribution in [0.5, 0.6) is 0 Å². The van der Waals surface area contributed by atoms with E-state index in [-0.39, 0.29) is 0 Å². The van der Waals surface area contributed by atoms with Crippen LogP contribution in [0.4, 0.5) is 5.69 Å². The number of rotatable bonds is 3. The van der Waals surface area contributed by atoms with Crippen molar-refractivity contribution in [1.29, 1.82) is 0 Å². The van der Waals surface area contributed by atoms with E-state index in [9.17, 15) is 4.21 Å². The molecule has 2 nitrogen and oxygen atoms in total. The Kier molecular flexibility index (Phi) is 3.96. The number of halogens is 1. The van der Waals surface area contributed by atoms with Gasteiger partial charge >= 0.3 is 0 Å². The molecule has 1 aromatic carbocycles. The summed E-state index contributed by atoms with van der Waals surface area (Å²) in [7, 11) is -1.02. The Balaban J connectivity index is 2.90. The predicted molar refractivity (Wildman–Crippen MR) is 62.0 cm³/mol. The van der Waals surface area contributed by atoms with Gasteiger partial charge < -0.3 is 5.73 Å². The first-order valence-corrected chi connectivity index (χ1v) is 6.14. The zero-order valence-corrected chi connectivity index (χ0v) is 9.86. The van der Waals surface area contributed by atoms with Crippen molar-refractivity contribution in [3.05, 3.63) is 23.2 Å². The largest absolute Gasteiger partial charge is 0.399 e. The molecule has 0 fully saturated rings. The number of hydrogen-bond donors (Lipinski definition) is 1. The van der Waals surface area contributed by atoms with Crippen LogP contribution in [0, 0.1) is 5.92 Å². The number of benzene rings is 1. The second-order valence-electron chi connectivity index (χ2n) is 3.60. The fourth-order valence-corrected chi connectivity index (χ4v) is 2.82. The Hall–Kier alpha value is -0.540. The van der Waals surface area contributed by atoms with Crippen LogP contribution in [0.2, 0.25) is 5.02 Å². The molecule has 0 saturated carbocycles. The molecule has 0 aliphatic rings. The van der Waals surface area contributed by atoms with Gasteiger partial charge in [-0.3, -0.25) is 4.21 Å². The van der Waals surface area contributed by atoms with Crippen LogP contribution in [0.3, 0.4) is 0 Å². The SMILES string of the molecule is CC(C)CS(=O)c1ccc(N)cc1Cl. The standard InChI is InChI=1S/C10H14ClNOS/c1-7(2)6-14(13)10-4-3-8(12)5-9(10)11/h3-5,7H,6,12H2,1-2H3. The maximum Gasteiger partial charge on any atom is 0.0587 e. The van der Waals surface area contributed by atoms with Crippen molar-refractivity contribution in [2.45, 2.75) is 18.7 Å². The Bertz CT molecular complexity index is 352. The van der Waals surface area contributed by atoms with Gasteiger partial charge in [0.05, 0.1) is 20.7 Å². The molecule has 1 atom stereocenters. The lowest BCUT2D eigenvalue weighted by Crippen LogP contribution is -2.05. The number of hydrogen-bond acceptors (Lipinski definition) is 2. The van der Waals surface area contributed by atoms with Crippen molar-refractivity contribution in [2.75, 3.05) is 11.5 Å². The first kappa shape index (κ1) is 11.5. The molecule has 4 heteroatoms. The molecule has 0 heterocycles. The fourth-order valence-electron chi connectivity index (χ4n) is 1.09. The second kappa shape index (κ2) is 4.80. The van der Waals surface area contributed by atoms with E-state index >= 15 is 0 Å². The highest BCUT2D eigenvalue weighted by molar-refractivity contribution is 7.85. The van der Waals surface area contributed by atoms with E-state index in [1.165, 1.54) is 0 Å². The molecule has 1 aromatic rings. The number of anilines is 1. The monoisotopic (exact) mass is 231 g/mol. The second-order valence-corrected chi connectivity index (χ2v) is 5.47. The van der Waals surface area contributed by atoms with E-state index in [2.05, 4.69) is 0 Å². The van der Waals surface area contributed by atoms with Crippen molar-refractivity contribution in [3.63, 3.8) is 0 Å². The third kappa shape index (κ3) is 3.00. The molecule has 0 amide bonds. The summed E-state index contributed by atoms with van der Waals surface area (Å²) in [6.07, 6.45) is 0. The number of nitrogens with two attached hydrogens (primary N) is 1. The smallest absolute Gasteiger partial charge is 0.0587 e. The van der Waals surface area contributed by atoms with Gasteiger partial charge in [-0.15, -0.1) is 0 Å². The van der Waals surface area contributed by atoms with Gasteiger partial charge in [0.15, 0.2) is 0 Å². The zero-order valence-electron chi connectivity index (χ0n) is 8.29. The summed E-state index contributed by atoms with van der Waals surface area (Å²) in [4.78, 5) is 0.676. The van der Waals surface area contributed by atoms with Crippen molar-refractivity contribution in [1.82, 2.24) is 0 Å². The van der Waals surface area contributed by atoms with Crippen molar-refractivity contribution >= 4 is 28.1 Å². The molecule has 0 spiro atoms. The van der Waals surface area contributed by atoms with Crippen LogP contribution in [0.1, 0.15) is 13.8 Å². The molecule has 2 N–H and O–H groups in total. The molecular weight excluding hydrogens is 218 g/mol. The van der Waals surface area contributed by atoms with Gasteiger partial charge in [-0.05, 0) is 24.1 Å². The summed E-state index contributed by atoms with van der Waals surface area (Å²) >= 11 is 5.93.